The van der Waals surface area contributed by atoms with Gasteiger partial charge in [0, 0.05) is 23.0 Å². The number of rotatable bonds is 3. The lowest BCUT2D eigenvalue weighted by atomic mass is 9.90. The topological polar surface area (TPSA) is 32.3 Å². The third kappa shape index (κ3) is 3.08. The van der Waals surface area contributed by atoms with Gasteiger partial charge in [-0.3, -0.25) is 4.79 Å². The molecule has 3 heteroatoms. The van der Waals surface area contributed by atoms with Gasteiger partial charge in [-0.15, -0.1) is 0 Å². The molecule has 0 spiro atoms. The van der Waals surface area contributed by atoms with Crippen LogP contribution in [0.15, 0.2) is 84.9 Å². The van der Waals surface area contributed by atoms with Crippen molar-refractivity contribution in [2.75, 3.05) is 10.2 Å². The van der Waals surface area contributed by atoms with Crippen LogP contribution in [0.3, 0.4) is 0 Å². The van der Waals surface area contributed by atoms with Crippen LogP contribution in [0, 0.1) is 0 Å². The first-order valence-corrected chi connectivity index (χ1v) is 9.03. The first-order chi connectivity index (χ1) is 12.7. The molecule has 3 aromatic rings. The lowest BCUT2D eigenvalue weighted by molar-refractivity contribution is 0.0974. The number of amides is 1. The Morgan fingerprint density at radius 2 is 1.50 bits per heavy atom. The van der Waals surface area contributed by atoms with E-state index in [0.29, 0.717) is 0 Å². The van der Waals surface area contributed by atoms with E-state index in [1.54, 1.807) is 0 Å². The second kappa shape index (κ2) is 7.04. The number of benzene rings is 3. The first kappa shape index (κ1) is 16.4. The maximum Gasteiger partial charge on any atom is 0.258 e. The van der Waals surface area contributed by atoms with Gasteiger partial charge in [-0.2, -0.15) is 0 Å². The molecule has 1 aliphatic rings. The standard InChI is InChI=1S/C23H22N2O/c1-17-16-21(24-19-12-6-3-7-13-19)20-14-8-9-15-22(20)25(17)23(26)18-10-4-2-5-11-18/h2-15,17,21,24H,16H2,1H3. The lowest BCUT2D eigenvalue weighted by Gasteiger charge is -2.40. The molecular formula is C23H22N2O. The number of anilines is 2. The summed E-state index contributed by atoms with van der Waals surface area (Å²) in [4.78, 5) is 15.1. The summed E-state index contributed by atoms with van der Waals surface area (Å²) in [7, 11) is 0. The molecular weight excluding hydrogens is 320 g/mol. The molecule has 2 unspecified atom stereocenters. The van der Waals surface area contributed by atoms with Gasteiger partial charge in [0.25, 0.3) is 5.91 Å². The van der Waals surface area contributed by atoms with Gasteiger partial charge in [0.2, 0.25) is 0 Å². The quantitative estimate of drug-likeness (QED) is 0.702. The van der Waals surface area contributed by atoms with E-state index in [4.69, 9.17) is 0 Å². The van der Waals surface area contributed by atoms with Gasteiger partial charge in [-0.25, -0.2) is 0 Å². The van der Waals surface area contributed by atoms with Gasteiger partial charge in [0.15, 0.2) is 0 Å². The van der Waals surface area contributed by atoms with Crippen molar-refractivity contribution < 1.29 is 4.79 Å². The zero-order valence-corrected chi connectivity index (χ0v) is 14.8. The SMILES string of the molecule is CC1CC(Nc2ccccc2)c2ccccc2N1C(=O)c1ccccc1. The van der Waals surface area contributed by atoms with Crippen LogP contribution in [0.4, 0.5) is 11.4 Å². The van der Waals surface area contributed by atoms with Crippen LogP contribution in [0.25, 0.3) is 0 Å². The molecule has 0 fully saturated rings. The van der Waals surface area contributed by atoms with Gasteiger partial charge in [-0.1, -0.05) is 54.6 Å². The van der Waals surface area contributed by atoms with Crippen molar-refractivity contribution in [3.05, 3.63) is 96.1 Å². The van der Waals surface area contributed by atoms with Crippen molar-refractivity contribution in [3.63, 3.8) is 0 Å². The third-order valence-electron chi connectivity index (χ3n) is 4.94. The fraction of sp³-hybridized carbons (Fsp3) is 0.174. The van der Waals surface area contributed by atoms with Crippen molar-refractivity contribution in [3.8, 4) is 0 Å². The number of hydrogen-bond donors (Lipinski definition) is 1. The van der Waals surface area contributed by atoms with Gasteiger partial charge >= 0.3 is 0 Å². The smallest absolute Gasteiger partial charge is 0.258 e. The number of nitrogens with zero attached hydrogens (tertiary/aromatic N) is 1. The molecule has 0 aromatic heterocycles. The Bertz CT molecular complexity index is 892. The predicted molar refractivity (Wildman–Crippen MR) is 107 cm³/mol. The van der Waals surface area contributed by atoms with Crippen molar-refractivity contribution in [1.29, 1.82) is 0 Å². The Balaban J connectivity index is 1.69. The third-order valence-corrected chi connectivity index (χ3v) is 4.94. The van der Waals surface area contributed by atoms with Gasteiger partial charge in [-0.05, 0) is 49.2 Å². The minimum atomic E-state index is 0.0590. The lowest BCUT2D eigenvalue weighted by Crippen LogP contribution is -2.44. The van der Waals surface area contributed by atoms with Crippen molar-refractivity contribution >= 4 is 17.3 Å². The van der Waals surface area contributed by atoms with Crippen LogP contribution in [0.5, 0.6) is 0 Å². The summed E-state index contributed by atoms with van der Waals surface area (Å²) >= 11 is 0. The molecule has 26 heavy (non-hydrogen) atoms. The van der Waals surface area contributed by atoms with Crippen molar-refractivity contribution in [1.82, 2.24) is 0 Å². The molecule has 130 valence electrons. The number of carbonyl (C=O) groups excluding carboxylic acids is 1. The Morgan fingerprint density at radius 1 is 0.885 bits per heavy atom. The molecule has 3 aromatic carbocycles. The maximum atomic E-state index is 13.1. The van der Waals surface area contributed by atoms with Crippen LogP contribution in [-0.2, 0) is 0 Å². The summed E-state index contributed by atoms with van der Waals surface area (Å²) in [6.45, 7) is 2.12. The number of hydrogen-bond acceptors (Lipinski definition) is 2. The molecule has 0 saturated heterocycles. The van der Waals surface area contributed by atoms with E-state index < -0.39 is 0 Å². The highest BCUT2D eigenvalue weighted by Gasteiger charge is 2.33. The molecule has 3 nitrogen and oxygen atoms in total. The molecule has 1 N–H and O–H groups in total. The zero-order valence-electron chi connectivity index (χ0n) is 14.8. The second-order valence-electron chi connectivity index (χ2n) is 6.75. The molecule has 1 aliphatic heterocycles. The van der Waals surface area contributed by atoms with E-state index in [9.17, 15) is 4.79 Å². The molecule has 4 rings (SSSR count). The van der Waals surface area contributed by atoms with E-state index in [1.165, 1.54) is 5.56 Å². The normalized spacial score (nSPS) is 18.9. The van der Waals surface area contributed by atoms with E-state index in [-0.39, 0.29) is 18.0 Å². The van der Waals surface area contributed by atoms with Crippen LogP contribution in [0.2, 0.25) is 0 Å². The molecule has 1 heterocycles. The van der Waals surface area contributed by atoms with Crippen LogP contribution in [-0.4, -0.2) is 11.9 Å². The summed E-state index contributed by atoms with van der Waals surface area (Å²) < 4.78 is 0. The monoisotopic (exact) mass is 342 g/mol. The number of nitrogens with one attached hydrogen (secondary N) is 1. The summed E-state index contributed by atoms with van der Waals surface area (Å²) in [6, 6.07) is 28.3. The summed E-state index contributed by atoms with van der Waals surface area (Å²) in [5.74, 6) is 0.0590. The largest absolute Gasteiger partial charge is 0.378 e. The fourth-order valence-electron chi connectivity index (χ4n) is 3.71. The first-order valence-electron chi connectivity index (χ1n) is 9.03. The average molecular weight is 342 g/mol. The van der Waals surface area contributed by atoms with E-state index >= 15 is 0 Å². The van der Waals surface area contributed by atoms with Crippen LogP contribution >= 0.6 is 0 Å². The molecule has 0 bridgehead atoms. The minimum Gasteiger partial charge on any atom is -0.378 e. The van der Waals surface area contributed by atoms with Gasteiger partial charge in [0.05, 0.1) is 6.04 Å². The van der Waals surface area contributed by atoms with E-state index in [1.807, 2.05) is 71.6 Å². The molecule has 0 aliphatic carbocycles. The second-order valence-corrected chi connectivity index (χ2v) is 6.75. The highest BCUT2D eigenvalue weighted by Crippen LogP contribution is 2.39. The van der Waals surface area contributed by atoms with Crippen LogP contribution in [0.1, 0.15) is 35.3 Å². The summed E-state index contributed by atoms with van der Waals surface area (Å²) in [5.41, 5.74) is 3.98. The fourth-order valence-corrected chi connectivity index (χ4v) is 3.71. The Hall–Kier alpha value is -3.07. The summed E-state index contributed by atoms with van der Waals surface area (Å²) in [5, 5.41) is 3.63. The minimum absolute atomic E-state index is 0.0590. The highest BCUT2D eigenvalue weighted by molar-refractivity contribution is 6.07. The zero-order chi connectivity index (χ0) is 17.9. The number of fused-ring (bicyclic) bond motifs is 1. The number of para-hydroxylation sites is 2. The van der Waals surface area contributed by atoms with Crippen LogP contribution < -0.4 is 10.2 Å². The van der Waals surface area contributed by atoms with Gasteiger partial charge in [0.1, 0.15) is 0 Å². The molecule has 0 radical (unpaired) electrons. The Labute approximate surface area is 154 Å². The van der Waals surface area contributed by atoms with Gasteiger partial charge < -0.3 is 10.2 Å². The Kier molecular flexibility index (Phi) is 4.44. The number of carbonyl (C=O) groups is 1. The van der Waals surface area contributed by atoms with Crippen molar-refractivity contribution in [2.45, 2.75) is 25.4 Å². The molecule has 0 saturated carbocycles. The molecule has 1 amide bonds. The van der Waals surface area contributed by atoms with Crippen molar-refractivity contribution in [2.24, 2.45) is 0 Å². The summed E-state index contributed by atoms with van der Waals surface area (Å²) in [6.07, 6.45) is 0.866. The highest BCUT2D eigenvalue weighted by atomic mass is 16.2. The predicted octanol–water partition coefficient (Wildman–Crippen LogP) is 5.28. The molecule has 2 atom stereocenters. The Morgan fingerprint density at radius 3 is 2.23 bits per heavy atom. The maximum absolute atomic E-state index is 13.1. The van der Waals surface area contributed by atoms with E-state index in [2.05, 4.69) is 30.4 Å². The van der Waals surface area contributed by atoms with E-state index in [0.717, 1.165) is 23.4 Å². The average Bonchev–Trinajstić information content (AvgIpc) is 2.69.